The Morgan fingerprint density at radius 3 is 3.00 bits per heavy atom. The highest BCUT2D eigenvalue weighted by atomic mass is 16.6. The molecule has 21 heavy (non-hydrogen) atoms. The number of benzene rings is 1. The topological polar surface area (TPSA) is 66.0 Å². The Morgan fingerprint density at radius 2 is 2.29 bits per heavy atom. The summed E-state index contributed by atoms with van der Waals surface area (Å²) in [7, 11) is 1.54. The third-order valence-electron chi connectivity index (χ3n) is 3.89. The maximum Gasteiger partial charge on any atom is 0.410 e. The summed E-state index contributed by atoms with van der Waals surface area (Å²) in [6, 6.07) is 7.54. The standard InChI is InChI=1S/C15H19NO5/c1-15(13(18-2)16-14(17)21-15)10-4-3-5-11(8-10)20-12-6-7-19-9-12/h3-5,8,12-13H,6-7,9H2,1-2H3,(H,16,17). The molecule has 6 heteroatoms. The van der Waals surface area contributed by atoms with Crippen molar-refractivity contribution in [3.8, 4) is 5.75 Å². The third-order valence-corrected chi connectivity index (χ3v) is 3.89. The highest BCUT2D eigenvalue weighted by Crippen LogP contribution is 2.35. The third kappa shape index (κ3) is 2.69. The Balaban J connectivity index is 1.83. The number of rotatable bonds is 4. The summed E-state index contributed by atoms with van der Waals surface area (Å²) >= 11 is 0. The summed E-state index contributed by atoms with van der Waals surface area (Å²) < 4.78 is 21.9. The van der Waals surface area contributed by atoms with Gasteiger partial charge >= 0.3 is 6.09 Å². The number of methoxy groups -OCH3 is 1. The van der Waals surface area contributed by atoms with Gasteiger partial charge in [0.25, 0.3) is 0 Å². The Hall–Kier alpha value is -1.79. The number of alkyl carbamates (subject to hydrolysis) is 1. The molecule has 0 saturated carbocycles. The first-order valence-electron chi connectivity index (χ1n) is 6.99. The lowest BCUT2D eigenvalue weighted by Gasteiger charge is -2.28. The van der Waals surface area contributed by atoms with Crippen LogP contribution in [0, 0.1) is 0 Å². The molecular formula is C15H19NO5. The van der Waals surface area contributed by atoms with E-state index in [-0.39, 0.29) is 6.10 Å². The molecule has 114 valence electrons. The van der Waals surface area contributed by atoms with Crippen molar-refractivity contribution in [2.45, 2.75) is 31.3 Å². The predicted octanol–water partition coefficient (Wildman–Crippen LogP) is 1.78. The molecule has 2 aliphatic rings. The van der Waals surface area contributed by atoms with Crippen molar-refractivity contribution < 1.29 is 23.7 Å². The monoisotopic (exact) mass is 293 g/mol. The van der Waals surface area contributed by atoms with Crippen LogP contribution in [-0.4, -0.2) is 38.7 Å². The van der Waals surface area contributed by atoms with Crippen LogP contribution >= 0.6 is 0 Å². The molecule has 0 aliphatic carbocycles. The Bertz CT molecular complexity index is 529. The smallest absolute Gasteiger partial charge is 0.410 e. The highest BCUT2D eigenvalue weighted by molar-refractivity contribution is 5.71. The average Bonchev–Trinajstić information content (AvgIpc) is 3.07. The zero-order chi connectivity index (χ0) is 14.9. The first kappa shape index (κ1) is 14.2. The van der Waals surface area contributed by atoms with E-state index in [2.05, 4.69) is 5.32 Å². The van der Waals surface area contributed by atoms with Crippen molar-refractivity contribution >= 4 is 6.09 Å². The zero-order valence-electron chi connectivity index (χ0n) is 12.1. The van der Waals surface area contributed by atoms with Gasteiger partial charge in [0.2, 0.25) is 0 Å². The second kappa shape index (κ2) is 5.54. The fraction of sp³-hybridized carbons (Fsp3) is 0.533. The van der Waals surface area contributed by atoms with Crippen LogP contribution in [0.1, 0.15) is 18.9 Å². The van der Waals surface area contributed by atoms with E-state index in [0.29, 0.717) is 6.61 Å². The van der Waals surface area contributed by atoms with Gasteiger partial charge < -0.3 is 18.9 Å². The Kier molecular flexibility index (Phi) is 3.73. The summed E-state index contributed by atoms with van der Waals surface area (Å²) in [6.07, 6.45) is -0.0518. The van der Waals surface area contributed by atoms with Crippen LogP contribution in [0.25, 0.3) is 0 Å². The van der Waals surface area contributed by atoms with Crippen LogP contribution in [0.5, 0.6) is 5.75 Å². The molecule has 6 nitrogen and oxygen atoms in total. The lowest BCUT2D eigenvalue weighted by atomic mass is 9.94. The molecule has 0 bridgehead atoms. The SMILES string of the molecule is COC1NC(=O)OC1(C)c1cccc(OC2CCOC2)c1. The summed E-state index contributed by atoms with van der Waals surface area (Å²) in [4.78, 5) is 11.5. The van der Waals surface area contributed by atoms with Crippen molar-refractivity contribution in [3.05, 3.63) is 29.8 Å². The van der Waals surface area contributed by atoms with Gasteiger partial charge in [0, 0.05) is 19.1 Å². The van der Waals surface area contributed by atoms with Crippen LogP contribution in [0.4, 0.5) is 4.79 Å². The number of cyclic esters (lactones) is 1. The van der Waals surface area contributed by atoms with E-state index in [0.717, 1.165) is 24.3 Å². The maximum atomic E-state index is 11.5. The molecule has 0 radical (unpaired) electrons. The molecule has 0 spiro atoms. The van der Waals surface area contributed by atoms with Crippen molar-refractivity contribution in [1.82, 2.24) is 5.32 Å². The lowest BCUT2D eigenvalue weighted by Crippen LogP contribution is -2.40. The number of amides is 1. The fourth-order valence-electron chi connectivity index (χ4n) is 2.69. The molecule has 2 aliphatic heterocycles. The molecule has 3 rings (SSSR count). The van der Waals surface area contributed by atoms with Gasteiger partial charge in [0.15, 0.2) is 11.8 Å². The summed E-state index contributed by atoms with van der Waals surface area (Å²) in [5, 5.41) is 2.64. The molecule has 1 aromatic rings. The summed E-state index contributed by atoms with van der Waals surface area (Å²) in [6.45, 7) is 3.16. The van der Waals surface area contributed by atoms with Crippen LogP contribution in [0.2, 0.25) is 0 Å². The number of hydrogen-bond acceptors (Lipinski definition) is 5. The van der Waals surface area contributed by atoms with Crippen LogP contribution in [0.3, 0.4) is 0 Å². The average molecular weight is 293 g/mol. The second-order valence-corrected chi connectivity index (χ2v) is 5.39. The minimum atomic E-state index is -0.878. The number of ether oxygens (including phenoxy) is 4. The van der Waals surface area contributed by atoms with E-state index >= 15 is 0 Å². The molecule has 2 fully saturated rings. The van der Waals surface area contributed by atoms with E-state index in [1.807, 2.05) is 31.2 Å². The Morgan fingerprint density at radius 1 is 1.43 bits per heavy atom. The number of nitrogens with one attached hydrogen (secondary N) is 1. The van der Waals surface area contributed by atoms with Crippen LogP contribution in [-0.2, 0) is 19.8 Å². The second-order valence-electron chi connectivity index (χ2n) is 5.39. The van der Waals surface area contributed by atoms with Crippen LogP contribution in [0.15, 0.2) is 24.3 Å². The molecule has 2 saturated heterocycles. The Labute approximate surface area is 123 Å². The van der Waals surface area contributed by atoms with Crippen molar-refractivity contribution in [2.24, 2.45) is 0 Å². The van der Waals surface area contributed by atoms with Gasteiger partial charge in [-0.05, 0) is 19.1 Å². The zero-order valence-corrected chi connectivity index (χ0v) is 12.1. The molecule has 1 amide bonds. The van der Waals surface area contributed by atoms with Gasteiger partial charge in [-0.25, -0.2) is 4.79 Å². The minimum absolute atomic E-state index is 0.0792. The van der Waals surface area contributed by atoms with Gasteiger partial charge in [0.1, 0.15) is 11.9 Å². The van der Waals surface area contributed by atoms with E-state index < -0.39 is 17.9 Å². The highest BCUT2D eigenvalue weighted by Gasteiger charge is 2.47. The molecule has 0 aromatic heterocycles. The molecule has 3 unspecified atom stereocenters. The number of hydrogen-bond donors (Lipinski definition) is 1. The number of carbonyl (C=O) groups excluding carboxylic acids is 1. The minimum Gasteiger partial charge on any atom is -0.488 e. The first-order valence-corrected chi connectivity index (χ1v) is 6.99. The molecule has 3 atom stereocenters. The quantitative estimate of drug-likeness (QED) is 0.916. The summed E-state index contributed by atoms with van der Waals surface area (Å²) in [5.74, 6) is 0.738. The molecular weight excluding hydrogens is 274 g/mol. The largest absolute Gasteiger partial charge is 0.488 e. The van der Waals surface area contributed by atoms with Crippen molar-refractivity contribution in [3.63, 3.8) is 0 Å². The van der Waals surface area contributed by atoms with Gasteiger partial charge in [-0.15, -0.1) is 0 Å². The lowest BCUT2D eigenvalue weighted by molar-refractivity contribution is -0.0504. The van der Waals surface area contributed by atoms with E-state index in [1.54, 1.807) is 0 Å². The van der Waals surface area contributed by atoms with Gasteiger partial charge in [-0.2, -0.15) is 0 Å². The van der Waals surface area contributed by atoms with Crippen molar-refractivity contribution in [1.29, 1.82) is 0 Å². The van der Waals surface area contributed by atoms with Crippen molar-refractivity contribution in [2.75, 3.05) is 20.3 Å². The van der Waals surface area contributed by atoms with Gasteiger partial charge in [-0.1, -0.05) is 12.1 Å². The summed E-state index contributed by atoms with van der Waals surface area (Å²) in [5.41, 5.74) is -0.0543. The molecule has 1 aromatic carbocycles. The van der Waals surface area contributed by atoms with E-state index in [1.165, 1.54) is 7.11 Å². The first-order chi connectivity index (χ1) is 10.1. The number of carbonyl (C=O) groups is 1. The van der Waals surface area contributed by atoms with E-state index in [4.69, 9.17) is 18.9 Å². The predicted molar refractivity (Wildman–Crippen MR) is 74.1 cm³/mol. The van der Waals surface area contributed by atoms with E-state index in [9.17, 15) is 4.79 Å². The maximum absolute atomic E-state index is 11.5. The van der Waals surface area contributed by atoms with Crippen LogP contribution < -0.4 is 10.1 Å². The molecule has 1 N–H and O–H groups in total. The van der Waals surface area contributed by atoms with Gasteiger partial charge in [0.05, 0.1) is 13.2 Å². The van der Waals surface area contributed by atoms with Gasteiger partial charge in [-0.3, -0.25) is 5.32 Å². The molecule has 2 heterocycles. The normalized spacial score (nSPS) is 31.8. The fourth-order valence-corrected chi connectivity index (χ4v) is 2.69.